The van der Waals surface area contributed by atoms with E-state index < -0.39 is 8.32 Å². The van der Waals surface area contributed by atoms with Gasteiger partial charge in [0.05, 0.1) is 6.61 Å². The summed E-state index contributed by atoms with van der Waals surface area (Å²) in [6, 6.07) is 1.08. The van der Waals surface area contributed by atoms with Crippen LogP contribution in [0.1, 0.15) is 13.3 Å². The fraction of sp³-hybridized carbons (Fsp3) is 0.750. The smallest absolute Gasteiger partial charge is 0.333 e. The van der Waals surface area contributed by atoms with Crippen molar-refractivity contribution >= 4 is 14.3 Å². The zero-order valence-electron chi connectivity index (χ0n) is 11.4. The average Bonchev–Trinajstić information content (AvgIpc) is 2.27. The molecule has 0 saturated carbocycles. The van der Waals surface area contributed by atoms with E-state index in [9.17, 15) is 4.79 Å². The van der Waals surface area contributed by atoms with Crippen molar-refractivity contribution in [3.05, 3.63) is 12.2 Å². The van der Waals surface area contributed by atoms with Gasteiger partial charge in [-0.05, 0) is 32.5 Å². The molecule has 0 spiro atoms. The lowest BCUT2D eigenvalue weighted by Crippen LogP contribution is -2.28. The molecule has 0 fully saturated rings. The standard InChI is InChI=1S/C12H24O4Si/c1-11(2)12(13)16-9-8-15-7-6-10-17(4,5)14-3/h1,6-10H2,2-5H3. The minimum atomic E-state index is -1.46. The molecule has 4 nitrogen and oxygen atoms in total. The lowest BCUT2D eigenvalue weighted by molar-refractivity contribution is -0.140. The van der Waals surface area contributed by atoms with Crippen molar-refractivity contribution in [1.29, 1.82) is 0 Å². The maximum atomic E-state index is 11.0. The number of hydrogen-bond acceptors (Lipinski definition) is 4. The number of ether oxygens (including phenoxy) is 2. The van der Waals surface area contributed by atoms with Crippen LogP contribution in [0.15, 0.2) is 12.2 Å². The molecular formula is C12H24O4Si. The number of hydrogen-bond donors (Lipinski definition) is 0. The van der Waals surface area contributed by atoms with Gasteiger partial charge in [-0.3, -0.25) is 0 Å². The zero-order valence-corrected chi connectivity index (χ0v) is 12.4. The summed E-state index contributed by atoms with van der Waals surface area (Å²) in [4.78, 5) is 11.0. The fourth-order valence-corrected chi connectivity index (χ4v) is 2.32. The molecule has 0 aliphatic heterocycles. The highest BCUT2D eigenvalue weighted by Crippen LogP contribution is 2.11. The summed E-state index contributed by atoms with van der Waals surface area (Å²) in [6.45, 7) is 10.9. The average molecular weight is 260 g/mol. The van der Waals surface area contributed by atoms with E-state index in [-0.39, 0.29) is 12.6 Å². The van der Waals surface area contributed by atoms with Crippen LogP contribution in [0.3, 0.4) is 0 Å². The van der Waals surface area contributed by atoms with Crippen molar-refractivity contribution in [1.82, 2.24) is 0 Å². The highest BCUT2D eigenvalue weighted by molar-refractivity contribution is 6.71. The van der Waals surface area contributed by atoms with Gasteiger partial charge in [-0.25, -0.2) is 4.79 Å². The molecule has 5 heteroatoms. The molecule has 0 aromatic rings. The van der Waals surface area contributed by atoms with E-state index in [4.69, 9.17) is 13.9 Å². The van der Waals surface area contributed by atoms with Gasteiger partial charge in [-0.2, -0.15) is 0 Å². The van der Waals surface area contributed by atoms with Crippen LogP contribution in [0, 0.1) is 0 Å². The minimum absolute atomic E-state index is 0.288. The Balaban J connectivity index is 3.36. The second kappa shape index (κ2) is 8.44. The van der Waals surface area contributed by atoms with Crippen LogP contribution >= 0.6 is 0 Å². The van der Waals surface area contributed by atoms with Gasteiger partial charge < -0.3 is 13.9 Å². The van der Waals surface area contributed by atoms with Crippen LogP contribution in [0.25, 0.3) is 0 Å². The van der Waals surface area contributed by atoms with E-state index in [1.807, 2.05) is 0 Å². The molecule has 17 heavy (non-hydrogen) atoms. The van der Waals surface area contributed by atoms with Gasteiger partial charge in [-0.1, -0.05) is 6.58 Å². The lowest BCUT2D eigenvalue weighted by Gasteiger charge is -2.19. The Morgan fingerprint density at radius 1 is 1.24 bits per heavy atom. The van der Waals surface area contributed by atoms with Crippen molar-refractivity contribution in [2.24, 2.45) is 0 Å². The van der Waals surface area contributed by atoms with Gasteiger partial charge in [0.15, 0.2) is 8.32 Å². The molecular weight excluding hydrogens is 236 g/mol. The number of rotatable bonds is 9. The molecule has 0 aliphatic carbocycles. The maximum absolute atomic E-state index is 11.0. The van der Waals surface area contributed by atoms with E-state index in [0.717, 1.165) is 12.5 Å². The SMILES string of the molecule is C=C(C)C(=O)OCCOCCC[Si](C)(C)OC. The summed E-state index contributed by atoms with van der Waals surface area (Å²) in [7, 11) is 0.312. The summed E-state index contributed by atoms with van der Waals surface area (Å²) < 4.78 is 15.7. The summed E-state index contributed by atoms with van der Waals surface area (Å²) in [6.07, 6.45) is 0.988. The largest absolute Gasteiger partial charge is 0.460 e. The third-order valence-corrected chi connectivity index (χ3v) is 5.09. The van der Waals surface area contributed by atoms with Gasteiger partial charge in [0.25, 0.3) is 0 Å². The van der Waals surface area contributed by atoms with Gasteiger partial charge in [0.1, 0.15) is 6.61 Å². The van der Waals surface area contributed by atoms with E-state index in [0.29, 0.717) is 18.8 Å². The molecule has 0 saturated heterocycles. The Morgan fingerprint density at radius 2 is 1.88 bits per heavy atom. The molecule has 0 atom stereocenters. The molecule has 0 aromatic heterocycles. The van der Waals surface area contributed by atoms with Gasteiger partial charge in [0.2, 0.25) is 0 Å². The summed E-state index contributed by atoms with van der Waals surface area (Å²) in [5, 5.41) is 0. The third-order valence-electron chi connectivity index (χ3n) is 2.43. The monoisotopic (exact) mass is 260 g/mol. The number of carbonyl (C=O) groups is 1. The highest BCUT2D eigenvalue weighted by atomic mass is 28.4. The predicted octanol–water partition coefficient (Wildman–Crippen LogP) is 2.36. The van der Waals surface area contributed by atoms with Gasteiger partial charge in [0, 0.05) is 19.3 Å². The first kappa shape index (κ1) is 16.3. The second-order valence-corrected chi connectivity index (χ2v) is 9.02. The molecule has 0 radical (unpaired) electrons. The Bertz CT molecular complexity index is 251. The third kappa shape index (κ3) is 9.09. The number of carbonyl (C=O) groups excluding carboxylic acids is 1. The Labute approximate surface area is 105 Å². The first-order chi connectivity index (χ1) is 7.89. The first-order valence-electron chi connectivity index (χ1n) is 5.84. The van der Waals surface area contributed by atoms with Crippen molar-refractivity contribution in [3.63, 3.8) is 0 Å². The Hall–Kier alpha value is -0.653. The van der Waals surface area contributed by atoms with Crippen LogP contribution in [-0.4, -0.2) is 41.2 Å². The van der Waals surface area contributed by atoms with Crippen LogP contribution < -0.4 is 0 Å². The zero-order chi connectivity index (χ0) is 13.3. The predicted molar refractivity (Wildman–Crippen MR) is 70.5 cm³/mol. The fourth-order valence-electron chi connectivity index (χ4n) is 1.12. The normalized spacial score (nSPS) is 11.3. The van der Waals surface area contributed by atoms with Crippen molar-refractivity contribution in [2.45, 2.75) is 32.5 Å². The summed E-state index contributed by atoms with van der Waals surface area (Å²) in [5.74, 6) is -0.360. The van der Waals surface area contributed by atoms with Gasteiger partial charge in [-0.15, -0.1) is 0 Å². The highest BCUT2D eigenvalue weighted by Gasteiger charge is 2.19. The lowest BCUT2D eigenvalue weighted by atomic mass is 10.4. The quantitative estimate of drug-likeness (QED) is 0.276. The maximum Gasteiger partial charge on any atom is 0.333 e. The molecule has 0 heterocycles. The topological polar surface area (TPSA) is 44.8 Å². The van der Waals surface area contributed by atoms with Crippen LogP contribution in [0.2, 0.25) is 19.1 Å². The molecule has 0 aliphatic rings. The van der Waals surface area contributed by atoms with Crippen LogP contribution in [0.4, 0.5) is 0 Å². The van der Waals surface area contributed by atoms with Crippen molar-refractivity contribution in [2.75, 3.05) is 26.9 Å². The van der Waals surface area contributed by atoms with E-state index in [2.05, 4.69) is 19.7 Å². The first-order valence-corrected chi connectivity index (χ1v) is 8.96. The Kier molecular flexibility index (Phi) is 8.12. The molecule has 0 amide bonds. The second-order valence-electron chi connectivity index (χ2n) is 4.60. The van der Waals surface area contributed by atoms with E-state index in [1.165, 1.54) is 0 Å². The summed E-state index contributed by atoms with van der Waals surface area (Å²) in [5.41, 5.74) is 0.415. The number of esters is 1. The molecule has 0 rings (SSSR count). The van der Waals surface area contributed by atoms with Crippen LogP contribution in [0.5, 0.6) is 0 Å². The molecule has 0 N–H and O–H groups in total. The molecule has 100 valence electrons. The Morgan fingerprint density at radius 3 is 2.41 bits per heavy atom. The van der Waals surface area contributed by atoms with Crippen molar-refractivity contribution < 1.29 is 18.7 Å². The van der Waals surface area contributed by atoms with Crippen LogP contribution in [-0.2, 0) is 18.7 Å². The molecule has 0 aromatic carbocycles. The van der Waals surface area contributed by atoms with E-state index >= 15 is 0 Å². The van der Waals surface area contributed by atoms with E-state index in [1.54, 1.807) is 14.0 Å². The molecule has 0 bridgehead atoms. The van der Waals surface area contributed by atoms with Gasteiger partial charge >= 0.3 is 5.97 Å². The van der Waals surface area contributed by atoms with Crippen molar-refractivity contribution in [3.8, 4) is 0 Å². The summed E-state index contributed by atoms with van der Waals surface area (Å²) >= 11 is 0. The minimum Gasteiger partial charge on any atom is -0.460 e. The molecule has 0 unspecified atom stereocenters.